The van der Waals surface area contributed by atoms with E-state index in [0.717, 1.165) is 12.8 Å². The number of carbonyl (C=O) groups excluding carboxylic acids is 1. The van der Waals surface area contributed by atoms with Crippen LogP contribution in [0, 0.1) is 5.92 Å². The fraction of sp³-hybridized carbons (Fsp3) is 0.615. The van der Waals surface area contributed by atoms with Crippen LogP contribution in [0.25, 0.3) is 0 Å². The summed E-state index contributed by atoms with van der Waals surface area (Å²) < 4.78 is 0. The molecule has 1 unspecified atom stereocenters. The molecule has 17 heavy (non-hydrogen) atoms. The number of nitrogens with two attached hydrogens (primary N) is 1. The molecule has 3 N–H and O–H groups in total. The summed E-state index contributed by atoms with van der Waals surface area (Å²) in [5.74, 6) is 0.401. The Bertz CT molecular complexity index is 360. The Labute approximate surface area is 107 Å². The molecule has 1 heterocycles. The van der Waals surface area contributed by atoms with Gasteiger partial charge >= 0.3 is 0 Å². The molecule has 1 rings (SSSR count). The monoisotopic (exact) mass is 254 g/mol. The molecule has 0 aliphatic heterocycles. The first-order valence-electron chi connectivity index (χ1n) is 6.13. The van der Waals surface area contributed by atoms with Gasteiger partial charge in [0.1, 0.15) is 0 Å². The van der Waals surface area contributed by atoms with E-state index in [2.05, 4.69) is 37.5 Å². The maximum Gasteiger partial charge on any atom is 0.237 e. The molecule has 0 bridgehead atoms. The van der Waals surface area contributed by atoms with Crippen LogP contribution in [0.2, 0.25) is 0 Å². The van der Waals surface area contributed by atoms with Crippen LogP contribution in [-0.2, 0) is 17.8 Å². The fourth-order valence-corrected chi connectivity index (χ4v) is 2.67. The molecule has 1 atom stereocenters. The first-order chi connectivity index (χ1) is 8.04. The minimum absolute atomic E-state index is 0.0471. The number of aryl methyl sites for hydroxylation is 1. The third-order valence-electron chi connectivity index (χ3n) is 2.70. The number of nitrogens with one attached hydrogen (secondary N) is 1. The number of hydrogen-bond donors (Lipinski definition) is 2. The summed E-state index contributed by atoms with van der Waals surface area (Å²) in [6, 6.07) is 1.72. The van der Waals surface area contributed by atoms with Gasteiger partial charge in [0, 0.05) is 4.88 Å². The zero-order valence-electron chi connectivity index (χ0n) is 10.8. The average molecular weight is 254 g/mol. The van der Waals surface area contributed by atoms with Gasteiger partial charge in [-0.2, -0.15) is 0 Å². The van der Waals surface area contributed by atoms with Crippen LogP contribution in [0.4, 0.5) is 0 Å². The first kappa shape index (κ1) is 14.2. The summed E-state index contributed by atoms with van der Waals surface area (Å²) >= 11 is 1.69. The Hall–Kier alpha value is -0.870. The molecule has 0 saturated heterocycles. The van der Waals surface area contributed by atoms with Crippen molar-refractivity contribution in [3.8, 4) is 0 Å². The van der Waals surface area contributed by atoms with Gasteiger partial charge in [0.25, 0.3) is 0 Å². The maximum absolute atomic E-state index is 11.7. The van der Waals surface area contributed by atoms with E-state index >= 15 is 0 Å². The van der Waals surface area contributed by atoms with Crippen LogP contribution in [0.15, 0.2) is 11.4 Å². The van der Waals surface area contributed by atoms with E-state index in [-0.39, 0.29) is 11.9 Å². The summed E-state index contributed by atoms with van der Waals surface area (Å²) in [4.78, 5) is 13.0. The highest BCUT2D eigenvalue weighted by Crippen LogP contribution is 2.16. The molecule has 0 aliphatic carbocycles. The van der Waals surface area contributed by atoms with Crippen molar-refractivity contribution in [1.82, 2.24) is 5.32 Å². The highest BCUT2D eigenvalue weighted by molar-refractivity contribution is 7.10. The minimum Gasteiger partial charge on any atom is -0.350 e. The lowest BCUT2D eigenvalue weighted by Gasteiger charge is -2.14. The number of carbonyl (C=O) groups is 1. The van der Waals surface area contributed by atoms with Crippen molar-refractivity contribution in [3.05, 3.63) is 21.9 Å². The summed E-state index contributed by atoms with van der Waals surface area (Å²) in [6.07, 6.45) is 1.74. The molecule has 4 heteroatoms. The predicted molar refractivity (Wildman–Crippen MR) is 73.0 cm³/mol. The van der Waals surface area contributed by atoms with Gasteiger partial charge in [-0.15, -0.1) is 11.3 Å². The van der Waals surface area contributed by atoms with Crippen molar-refractivity contribution < 1.29 is 4.79 Å². The molecule has 1 amide bonds. The lowest BCUT2D eigenvalue weighted by atomic mass is 10.0. The third-order valence-corrected chi connectivity index (χ3v) is 3.67. The van der Waals surface area contributed by atoms with Crippen molar-refractivity contribution in [2.45, 2.75) is 46.2 Å². The number of rotatable bonds is 6. The van der Waals surface area contributed by atoms with Gasteiger partial charge in [-0.1, -0.05) is 20.8 Å². The molecule has 3 nitrogen and oxygen atoms in total. The summed E-state index contributed by atoms with van der Waals surface area (Å²) in [5, 5.41) is 4.98. The standard InChI is InChI=1S/C13H22N2OS/c1-4-10-5-6-17-12(10)8-15-13(16)11(14)7-9(2)3/h5-6,9,11H,4,7-8,14H2,1-3H3,(H,15,16). The number of amides is 1. The quantitative estimate of drug-likeness (QED) is 0.818. The van der Waals surface area contributed by atoms with Crippen LogP contribution in [0.5, 0.6) is 0 Å². The van der Waals surface area contributed by atoms with Crippen LogP contribution in [0.1, 0.15) is 37.6 Å². The fourth-order valence-electron chi connectivity index (χ4n) is 1.75. The topological polar surface area (TPSA) is 55.1 Å². The van der Waals surface area contributed by atoms with E-state index in [1.165, 1.54) is 10.4 Å². The Kier molecular flexibility index (Phi) is 5.65. The van der Waals surface area contributed by atoms with Crippen molar-refractivity contribution in [2.24, 2.45) is 11.7 Å². The summed E-state index contributed by atoms with van der Waals surface area (Å²) in [7, 11) is 0. The molecule has 96 valence electrons. The maximum atomic E-state index is 11.7. The Morgan fingerprint density at radius 2 is 2.24 bits per heavy atom. The largest absolute Gasteiger partial charge is 0.350 e. The zero-order chi connectivity index (χ0) is 12.8. The van der Waals surface area contributed by atoms with E-state index < -0.39 is 0 Å². The van der Waals surface area contributed by atoms with Gasteiger partial charge in [0.2, 0.25) is 5.91 Å². The average Bonchev–Trinajstić information content (AvgIpc) is 2.72. The molecule has 0 aliphatic rings. The number of hydrogen-bond acceptors (Lipinski definition) is 3. The molecule has 0 saturated carbocycles. The van der Waals surface area contributed by atoms with Crippen LogP contribution >= 0.6 is 11.3 Å². The smallest absolute Gasteiger partial charge is 0.237 e. The van der Waals surface area contributed by atoms with Crippen molar-refractivity contribution in [3.63, 3.8) is 0 Å². The van der Waals surface area contributed by atoms with Gasteiger partial charge in [0.15, 0.2) is 0 Å². The van der Waals surface area contributed by atoms with Gasteiger partial charge in [-0.05, 0) is 35.8 Å². The van der Waals surface area contributed by atoms with Crippen molar-refractivity contribution in [1.29, 1.82) is 0 Å². The van der Waals surface area contributed by atoms with E-state index in [4.69, 9.17) is 5.73 Å². The third kappa shape index (κ3) is 4.48. The van der Waals surface area contributed by atoms with Crippen molar-refractivity contribution in [2.75, 3.05) is 0 Å². The van der Waals surface area contributed by atoms with E-state index in [1.54, 1.807) is 11.3 Å². The van der Waals surface area contributed by atoms with Crippen LogP contribution in [0.3, 0.4) is 0 Å². The van der Waals surface area contributed by atoms with Gasteiger partial charge < -0.3 is 11.1 Å². The second-order valence-corrected chi connectivity index (χ2v) is 5.68. The molecular formula is C13H22N2OS. The van der Waals surface area contributed by atoms with Gasteiger partial charge in [-0.3, -0.25) is 4.79 Å². The SMILES string of the molecule is CCc1ccsc1CNC(=O)C(N)CC(C)C. The second kappa shape index (κ2) is 6.77. The van der Waals surface area contributed by atoms with Crippen LogP contribution < -0.4 is 11.1 Å². The second-order valence-electron chi connectivity index (χ2n) is 4.68. The van der Waals surface area contributed by atoms with E-state index in [9.17, 15) is 4.79 Å². The Morgan fingerprint density at radius 1 is 1.53 bits per heavy atom. The molecule has 0 fully saturated rings. The minimum atomic E-state index is -0.389. The summed E-state index contributed by atoms with van der Waals surface area (Å²) in [5.41, 5.74) is 7.13. The highest BCUT2D eigenvalue weighted by atomic mass is 32.1. The zero-order valence-corrected chi connectivity index (χ0v) is 11.6. The predicted octanol–water partition coefficient (Wildman–Crippen LogP) is 2.30. The van der Waals surface area contributed by atoms with Crippen LogP contribution in [-0.4, -0.2) is 11.9 Å². The number of thiophene rings is 1. The molecule has 1 aromatic heterocycles. The Morgan fingerprint density at radius 3 is 2.82 bits per heavy atom. The van der Waals surface area contributed by atoms with E-state index in [1.807, 2.05) is 0 Å². The Balaban J connectivity index is 2.43. The summed E-state index contributed by atoms with van der Waals surface area (Å²) in [6.45, 7) is 6.87. The molecule has 0 spiro atoms. The molecule has 1 aromatic rings. The van der Waals surface area contributed by atoms with Gasteiger partial charge in [-0.25, -0.2) is 0 Å². The molecule has 0 radical (unpaired) electrons. The molecular weight excluding hydrogens is 232 g/mol. The normalized spacial score (nSPS) is 12.8. The van der Waals surface area contributed by atoms with Gasteiger partial charge in [0.05, 0.1) is 12.6 Å². The lowest BCUT2D eigenvalue weighted by Crippen LogP contribution is -2.41. The lowest BCUT2D eigenvalue weighted by molar-refractivity contribution is -0.122. The molecule has 0 aromatic carbocycles. The van der Waals surface area contributed by atoms with E-state index in [0.29, 0.717) is 12.5 Å². The highest BCUT2D eigenvalue weighted by Gasteiger charge is 2.15. The first-order valence-corrected chi connectivity index (χ1v) is 7.01. The van der Waals surface area contributed by atoms with Crippen molar-refractivity contribution >= 4 is 17.2 Å².